The molecule has 0 spiro atoms. The Bertz CT molecular complexity index is 798. The number of nitrogens with two attached hydrogens (primary N) is 1. The molecule has 0 bridgehead atoms. The van der Waals surface area contributed by atoms with E-state index in [2.05, 4.69) is 11.4 Å². The predicted molar refractivity (Wildman–Crippen MR) is 99.2 cm³/mol. The molecule has 5 heteroatoms. The maximum Gasteiger partial charge on any atom is 0.230 e. The second kappa shape index (κ2) is 7.11. The van der Waals surface area contributed by atoms with Crippen LogP contribution in [-0.4, -0.2) is 24.0 Å². The lowest BCUT2D eigenvalue weighted by Crippen LogP contribution is -2.45. The molecule has 0 radical (unpaired) electrons. The number of thiazole rings is 1. The molecule has 1 heterocycles. The van der Waals surface area contributed by atoms with E-state index in [-0.39, 0.29) is 5.91 Å². The van der Waals surface area contributed by atoms with Crippen LogP contribution in [0.15, 0.2) is 54.6 Å². The molecule has 0 saturated heterocycles. The summed E-state index contributed by atoms with van der Waals surface area (Å²) in [6.07, 6.45) is 0.562. The monoisotopic (exact) mass is 339 g/mol. The molecule has 0 fully saturated rings. The summed E-state index contributed by atoms with van der Waals surface area (Å²) in [6, 6.07) is 17.9. The number of nitrogens with one attached hydrogen (secondary N) is 1. The van der Waals surface area contributed by atoms with E-state index >= 15 is 0 Å². The lowest BCUT2D eigenvalue weighted by molar-refractivity contribution is -0.126. The van der Waals surface area contributed by atoms with Gasteiger partial charge in [-0.2, -0.15) is 0 Å². The van der Waals surface area contributed by atoms with Gasteiger partial charge in [-0.1, -0.05) is 42.5 Å². The van der Waals surface area contributed by atoms with Crippen LogP contribution in [0.4, 0.5) is 0 Å². The molecule has 3 rings (SSSR count). The molecule has 1 aromatic heterocycles. The van der Waals surface area contributed by atoms with Crippen molar-refractivity contribution in [1.29, 1.82) is 0 Å². The van der Waals surface area contributed by atoms with Crippen LogP contribution in [0.3, 0.4) is 0 Å². The van der Waals surface area contributed by atoms with Crippen molar-refractivity contribution in [1.82, 2.24) is 10.3 Å². The largest absolute Gasteiger partial charge is 0.354 e. The Morgan fingerprint density at radius 1 is 1.17 bits per heavy atom. The minimum absolute atomic E-state index is 0.0154. The molecule has 0 aliphatic rings. The van der Waals surface area contributed by atoms with Gasteiger partial charge in [0.2, 0.25) is 5.91 Å². The summed E-state index contributed by atoms with van der Waals surface area (Å²) < 4.78 is 1.14. The van der Waals surface area contributed by atoms with Crippen LogP contribution in [0.2, 0.25) is 0 Å². The number of carbonyl (C=O) groups excluding carboxylic acids is 1. The maximum atomic E-state index is 12.9. The van der Waals surface area contributed by atoms with Gasteiger partial charge in [0.15, 0.2) is 0 Å². The quantitative estimate of drug-likeness (QED) is 0.725. The fourth-order valence-electron chi connectivity index (χ4n) is 2.80. The third kappa shape index (κ3) is 3.32. The molecule has 0 saturated carbocycles. The van der Waals surface area contributed by atoms with Gasteiger partial charge in [-0.3, -0.25) is 4.79 Å². The third-order valence-electron chi connectivity index (χ3n) is 4.18. The first-order valence-electron chi connectivity index (χ1n) is 8.02. The molecule has 2 aromatic carbocycles. The van der Waals surface area contributed by atoms with Gasteiger partial charge in [-0.25, -0.2) is 4.98 Å². The van der Waals surface area contributed by atoms with Crippen LogP contribution in [0.1, 0.15) is 17.5 Å². The first kappa shape index (κ1) is 16.6. The van der Waals surface area contributed by atoms with E-state index in [1.165, 1.54) is 0 Å². The Morgan fingerprint density at radius 2 is 1.88 bits per heavy atom. The second-order valence-electron chi connectivity index (χ2n) is 5.99. The molecule has 1 atom stereocenters. The number of para-hydroxylation sites is 1. The van der Waals surface area contributed by atoms with E-state index in [9.17, 15) is 4.79 Å². The van der Waals surface area contributed by atoms with Crippen LogP contribution >= 0.6 is 11.3 Å². The Balaban J connectivity index is 1.96. The van der Waals surface area contributed by atoms with E-state index in [4.69, 9.17) is 10.7 Å². The fourth-order valence-corrected chi connectivity index (χ4v) is 3.92. The van der Waals surface area contributed by atoms with Crippen LogP contribution in [-0.2, 0) is 16.6 Å². The Hall–Kier alpha value is -2.24. The van der Waals surface area contributed by atoms with Crippen molar-refractivity contribution in [2.24, 2.45) is 5.73 Å². The van der Waals surface area contributed by atoms with Crippen LogP contribution in [0, 0.1) is 0 Å². The fraction of sp³-hybridized carbons (Fsp3) is 0.263. The minimum atomic E-state index is -0.676. The first-order valence-corrected chi connectivity index (χ1v) is 8.83. The first-order chi connectivity index (χ1) is 11.6. The SMILES string of the molecule is CC(Cc1nc2ccccc2s1)(C(=O)NCCN)c1ccccc1. The van der Waals surface area contributed by atoms with Crippen LogP contribution < -0.4 is 11.1 Å². The van der Waals surface area contributed by atoms with E-state index in [1.54, 1.807) is 11.3 Å². The average Bonchev–Trinajstić information content (AvgIpc) is 3.02. The van der Waals surface area contributed by atoms with Gasteiger partial charge >= 0.3 is 0 Å². The summed E-state index contributed by atoms with van der Waals surface area (Å²) >= 11 is 1.64. The number of aromatic nitrogens is 1. The lowest BCUT2D eigenvalue weighted by Gasteiger charge is -2.28. The van der Waals surface area contributed by atoms with Gasteiger partial charge in [0, 0.05) is 19.5 Å². The molecule has 124 valence electrons. The van der Waals surface area contributed by atoms with Crippen molar-refractivity contribution in [2.75, 3.05) is 13.1 Å². The number of fused-ring (bicyclic) bond motifs is 1. The molecule has 24 heavy (non-hydrogen) atoms. The van der Waals surface area contributed by atoms with E-state index in [1.807, 2.05) is 55.5 Å². The van der Waals surface area contributed by atoms with Gasteiger partial charge < -0.3 is 11.1 Å². The van der Waals surface area contributed by atoms with Crippen LogP contribution in [0.5, 0.6) is 0 Å². The summed E-state index contributed by atoms with van der Waals surface area (Å²) in [5, 5.41) is 3.90. The minimum Gasteiger partial charge on any atom is -0.354 e. The highest BCUT2D eigenvalue weighted by Gasteiger charge is 2.36. The topological polar surface area (TPSA) is 68.0 Å². The Kier molecular flexibility index (Phi) is 4.92. The molecule has 1 unspecified atom stereocenters. The normalized spacial score (nSPS) is 13.6. The number of hydrogen-bond donors (Lipinski definition) is 2. The standard InChI is InChI=1S/C19H21N3OS/c1-19(18(23)21-12-11-20,14-7-3-2-4-8-14)13-17-22-15-9-5-6-10-16(15)24-17/h2-10H,11-13,20H2,1H3,(H,21,23). The predicted octanol–water partition coefficient (Wildman–Crippen LogP) is 2.87. The van der Waals surface area contributed by atoms with E-state index < -0.39 is 5.41 Å². The summed E-state index contributed by atoms with van der Waals surface area (Å²) in [5.41, 5.74) is 6.83. The van der Waals surface area contributed by atoms with Crippen molar-refractivity contribution in [3.63, 3.8) is 0 Å². The van der Waals surface area contributed by atoms with E-state index in [0.717, 1.165) is 20.8 Å². The van der Waals surface area contributed by atoms with Gasteiger partial charge in [0.05, 0.1) is 20.6 Å². The highest BCUT2D eigenvalue weighted by atomic mass is 32.1. The number of nitrogens with zero attached hydrogens (tertiary/aromatic N) is 1. The maximum absolute atomic E-state index is 12.9. The van der Waals surface area contributed by atoms with Crippen molar-refractivity contribution < 1.29 is 4.79 Å². The van der Waals surface area contributed by atoms with Gasteiger partial charge in [0.1, 0.15) is 0 Å². The molecule has 1 amide bonds. The van der Waals surface area contributed by atoms with Crippen molar-refractivity contribution in [2.45, 2.75) is 18.8 Å². The zero-order valence-corrected chi connectivity index (χ0v) is 14.5. The van der Waals surface area contributed by atoms with Crippen molar-refractivity contribution in [3.05, 3.63) is 65.2 Å². The molecular weight excluding hydrogens is 318 g/mol. The lowest BCUT2D eigenvalue weighted by atomic mass is 9.78. The number of hydrogen-bond acceptors (Lipinski definition) is 4. The highest BCUT2D eigenvalue weighted by molar-refractivity contribution is 7.18. The van der Waals surface area contributed by atoms with Crippen LogP contribution in [0.25, 0.3) is 10.2 Å². The summed E-state index contributed by atoms with van der Waals surface area (Å²) in [4.78, 5) is 17.6. The van der Waals surface area contributed by atoms with Gasteiger partial charge in [-0.05, 0) is 24.6 Å². The van der Waals surface area contributed by atoms with Gasteiger partial charge in [-0.15, -0.1) is 11.3 Å². The zero-order valence-electron chi connectivity index (χ0n) is 13.7. The average molecular weight is 339 g/mol. The molecule has 4 nitrogen and oxygen atoms in total. The summed E-state index contributed by atoms with van der Waals surface area (Å²) in [5.74, 6) is -0.0154. The van der Waals surface area contributed by atoms with Gasteiger partial charge in [0.25, 0.3) is 0 Å². The molecule has 0 aliphatic carbocycles. The second-order valence-corrected chi connectivity index (χ2v) is 7.11. The van der Waals surface area contributed by atoms with Crippen molar-refractivity contribution >= 4 is 27.5 Å². The summed E-state index contributed by atoms with van der Waals surface area (Å²) in [6.45, 7) is 2.87. The number of carbonyl (C=O) groups is 1. The number of benzene rings is 2. The number of amides is 1. The Labute approximate surface area is 145 Å². The van der Waals surface area contributed by atoms with Crippen molar-refractivity contribution in [3.8, 4) is 0 Å². The molecule has 0 aliphatic heterocycles. The highest BCUT2D eigenvalue weighted by Crippen LogP contribution is 2.32. The Morgan fingerprint density at radius 3 is 2.58 bits per heavy atom. The zero-order chi connectivity index (χ0) is 17.0. The molecule has 3 aromatic rings. The third-order valence-corrected chi connectivity index (χ3v) is 5.22. The summed E-state index contributed by atoms with van der Waals surface area (Å²) in [7, 11) is 0. The number of rotatable bonds is 6. The smallest absolute Gasteiger partial charge is 0.230 e. The molecular formula is C19H21N3OS. The van der Waals surface area contributed by atoms with E-state index in [0.29, 0.717) is 19.5 Å². The molecule has 3 N–H and O–H groups in total.